The number of esters is 1. The van der Waals surface area contributed by atoms with Crippen molar-refractivity contribution in [1.82, 2.24) is 4.90 Å². The van der Waals surface area contributed by atoms with Crippen LogP contribution in [0.25, 0.3) is 0 Å². The molecule has 0 saturated carbocycles. The molecular formula is C28H32N2O4. The van der Waals surface area contributed by atoms with Crippen LogP contribution < -0.4 is 14.4 Å². The third kappa shape index (κ3) is 6.29. The summed E-state index contributed by atoms with van der Waals surface area (Å²) in [6, 6.07) is 25.3. The molecule has 4 rings (SSSR count). The molecule has 0 atom stereocenters. The minimum Gasteiger partial charge on any atom is -0.495 e. The Morgan fingerprint density at radius 3 is 2.26 bits per heavy atom. The van der Waals surface area contributed by atoms with Crippen molar-refractivity contribution in [3.8, 4) is 11.5 Å². The maximum atomic E-state index is 12.7. The van der Waals surface area contributed by atoms with Crippen LogP contribution >= 0.6 is 0 Å². The van der Waals surface area contributed by atoms with Crippen molar-refractivity contribution in [2.45, 2.75) is 13.0 Å². The summed E-state index contributed by atoms with van der Waals surface area (Å²) >= 11 is 0. The fourth-order valence-electron chi connectivity index (χ4n) is 4.13. The lowest BCUT2D eigenvalue weighted by Gasteiger charge is -2.36. The van der Waals surface area contributed by atoms with E-state index in [0.717, 1.165) is 56.1 Å². The summed E-state index contributed by atoms with van der Waals surface area (Å²) in [6.07, 6.45) is 0.799. The summed E-state index contributed by atoms with van der Waals surface area (Å²) in [4.78, 5) is 17.4. The Labute approximate surface area is 201 Å². The Hall–Kier alpha value is -3.51. The highest BCUT2D eigenvalue weighted by Gasteiger charge is 2.19. The van der Waals surface area contributed by atoms with Crippen LogP contribution in [0.15, 0.2) is 78.9 Å². The molecule has 1 heterocycles. The van der Waals surface area contributed by atoms with Gasteiger partial charge in [-0.25, -0.2) is 4.79 Å². The summed E-state index contributed by atoms with van der Waals surface area (Å²) < 4.78 is 16.9. The maximum Gasteiger partial charge on any atom is 0.341 e. The van der Waals surface area contributed by atoms with Gasteiger partial charge in [0.05, 0.1) is 19.4 Å². The quantitative estimate of drug-likeness (QED) is 0.324. The predicted octanol–water partition coefficient (Wildman–Crippen LogP) is 4.64. The zero-order valence-electron chi connectivity index (χ0n) is 19.7. The monoisotopic (exact) mass is 460 g/mol. The zero-order valence-corrected chi connectivity index (χ0v) is 19.7. The number of piperazine rings is 1. The zero-order chi connectivity index (χ0) is 23.6. The highest BCUT2D eigenvalue weighted by molar-refractivity contribution is 5.92. The van der Waals surface area contributed by atoms with E-state index in [4.69, 9.17) is 14.2 Å². The van der Waals surface area contributed by atoms with E-state index in [1.54, 1.807) is 19.2 Å². The molecule has 0 aromatic heterocycles. The molecule has 1 aliphatic rings. The summed E-state index contributed by atoms with van der Waals surface area (Å²) in [5.41, 5.74) is 2.66. The number of ether oxygens (including phenoxy) is 3. The second-order valence-electron chi connectivity index (χ2n) is 8.26. The van der Waals surface area contributed by atoms with Crippen LogP contribution in [0, 0.1) is 0 Å². The van der Waals surface area contributed by atoms with Crippen molar-refractivity contribution < 1.29 is 19.0 Å². The molecule has 0 spiro atoms. The van der Waals surface area contributed by atoms with E-state index in [-0.39, 0.29) is 5.97 Å². The van der Waals surface area contributed by atoms with Crippen LogP contribution in [0.5, 0.6) is 11.5 Å². The fourth-order valence-corrected chi connectivity index (χ4v) is 4.13. The van der Waals surface area contributed by atoms with E-state index >= 15 is 0 Å². The number of anilines is 1. The summed E-state index contributed by atoms with van der Waals surface area (Å²) in [5, 5.41) is 0. The Morgan fingerprint density at radius 2 is 1.50 bits per heavy atom. The van der Waals surface area contributed by atoms with Crippen LogP contribution in [-0.2, 0) is 11.3 Å². The number of carbonyl (C=O) groups is 1. The number of carbonyl (C=O) groups excluding carboxylic acids is 1. The highest BCUT2D eigenvalue weighted by atomic mass is 16.5. The number of para-hydroxylation sites is 3. The molecule has 6 nitrogen and oxygen atoms in total. The van der Waals surface area contributed by atoms with Crippen molar-refractivity contribution in [2.75, 3.05) is 51.3 Å². The van der Waals surface area contributed by atoms with E-state index < -0.39 is 0 Å². The first kappa shape index (κ1) is 23.6. The van der Waals surface area contributed by atoms with Gasteiger partial charge in [0.15, 0.2) is 0 Å². The molecule has 0 radical (unpaired) electrons. The third-order valence-corrected chi connectivity index (χ3v) is 5.99. The molecule has 0 N–H and O–H groups in total. The molecule has 0 amide bonds. The number of benzene rings is 3. The van der Waals surface area contributed by atoms with Gasteiger partial charge in [-0.15, -0.1) is 0 Å². The van der Waals surface area contributed by atoms with E-state index in [0.29, 0.717) is 24.5 Å². The number of methoxy groups -OCH3 is 1. The maximum absolute atomic E-state index is 12.7. The SMILES string of the molecule is COc1ccccc1N1CCN(CCCOC(=O)c2ccccc2OCc2ccccc2)CC1. The van der Waals surface area contributed by atoms with Gasteiger partial charge < -0.3 is 19.1 Å². The van der Waals surface area contributed by atoms with Gasteiger partial charge in [-0.05, 0) is 36.2 Å². The molecule has 1 saturated heterocycles. The average molecular weight is 461 g/mol. The molecule has 6 heteroatoms. The molecule has 0 aliphatic carbocycles. The first-order valence-corrected chi connectivity index (χ1v) is 11.8. The lowest BCUT2D eigenvalue weighted by atomic mass is 10.2. The smallest absolute Gasteiger partial charge is 0.341 e. The lowest BCUT2D eigenvalue weighted by Crippen LogP contribution is -2.46. The van der Waals surface area contributed by atoms with Crippen LogP contribution in [0.4, 0.5) is 5.69 Å². The Morgan fingerprint density at radius 1 is 0.824 bits per heavy atom. The predicted molar refractivity (Wildman–Crippen MR) is 134 cm³/mol. The average Bonchev–Trinajstić information content (AvgIpc) is 2.91. The molecule has 1 fully saturated rings. The molecule has 3 aromatic rings. The van der Waals surface area contributed by atoms with Gasteiger partial charge in [0.1, 0.15) is 23.7 Å². The third-order valence-electron chi connectivity index (χ3n) is 5.99. The van der Waals surface area contributed by atoms with Gasteiger partial charge in [0, 0.05) is 32.7 Å². The first-order valence-electron chi connectivity index (χ1n) is 11.8. The first-order chi connectivity index (χ1) is 16.7. The van der Waals surface area contributed by atoms with Crippen LogP contribution in [0.3, 0.4) is 0 Å². The summed E-state index contributed by atoms with van der Waals surface area (Å²) in [6.45, 7) is 5.55. The highest BCUT2D eigenvalue weighted by Crippen LogP contribution is 2.28. The topological polar surface area (TPSA) is 51.2 Å². The molecular weight excluding hydrogens is 428 g/mol. The number of nitrogens with zero attached hydrogens (tertiary/aromatic N) is 2. The van der Waals surface area contributed by atoms with Gasteiger partial charge in [-0.1, -0.05) is 54.6 Å². The summed E-state index contributed by atoms with van der Waals surface area (Å²) in [7, 11) is 1.71. The summed E-state index contributed by atoms with van der Waals surface area (Å²) in [5.74, 6) is 1.12. The minimum absolute atomic E-state index is 0.343. The fraction of sp³-hybridized carbons (Fsp3) is 0.321. The van der Waals surface area contributed by atoms with Gasteiger partial charge in [-0.2, -0.15) is 0 Å². The Bertz CT molecular complexity index is 1050. The van der Waals surface area contributed by atoms with Crippen LogP contribution in [0.2, 0.25) is 0 Å². The van der Waals surface area contributed by atoms with E-state index in [9.17, 15) is 4.79 Å². The van der Waals surface area contributed by atoms with Crippen LogP contribution in [-0.4, -0.2) is 57.3 Å². The number of rotatable bonds is 10. The molecule has 3 aromatic carbocycles. The minimum atomic E-state index is -0.343. The Balaban J connectivity index is 1.20. The van der Waals surface area contributed by atoms with Gasteiger partial charge >= 0.3 is 5.97 Å². The standard InChI is InChI=1S/C28H32N2O4/c1-32-27-15-8-6-13-25(27)30-19-17-29(18-20-30)16-9-21-33-28(31)24-12-5-7-14-26(24)34-22-23-10-3-2-4-11-23/h2-8,10-15H,9,16-22H2,1H3. The van der Waals surface area contributed by atoms with Crippen LogP contribution in [0.1, 0.15) is 22.3 Å². The second kappa shape index (κ2) is 12.1. The van der Waals surface area contributed by atoms with E-state index in [1.165, 1.54) is 0 Å². The number of hydrogen-bond donors (Lipinski definition) is 0. The largest absolute Gasteiger partial charge is 0.495 e. The molecule has 178 valence electrons. The van der Waals surface area contributed by atoms with Crippen molar-refractivity contribution in [3.05, 3.63) is 90.0 Å². The van der Waals surface area contributed by atoms with Crippen molar-refractivity contribution in [3.63, 3.8) is 0 Å². The van der Waals surface area contributed by atoms with Crippen molar-refractivity contribution >= 4 is 11.7 Å². The second-order valence-corrected chi connectivity index (χ2v) is 8.26. The molecule has 0 unspecified atom stereocenters. The van der Waals surface area contributed by atoms with Gasteiger partial charge in [-0.3, -0.25) is 4.90 Å². The molecule has 34 heavy (non-hydrogen) atoms. The lowest BCUT2D eigenvalue weighted by molar-refractivity contribution is 0.0482. The number of hydrogen-bond acceptors (Lipinski definition) is 6. The van der Waals surface area contributed by atoms with Crippen molar-refractivity contribution in [2.24, 2.45) is 0 Å². The molecule has 0 bridgehead atoms. The van der Waals surface area contributed by atoms with Crippen molar-refractivity contribution in [1.29, 1.82) is 0 Å². The molecule has 1 aliphatic heterocycles. The van der Waals surface area contributed by atoms with Gasteiger partial charge in [0.2, 0.25) is 0 Å². The Kier molecular flexibility index (Phi) is 8.41. The van der Waals surface area contributed by atoms with E-state index in [2.05, 4.69) is 15.9 Å². The van der Waals surface area contributed by atoms with E-state index in [1.807, 2.05) is 60.7 Å². The normalized spacial score (nSPS) is 14.0. The van der Waals surface area contributed by atoms with Gasteiger partial charge in [0.25, 0.3) is 0 Å².